The number of benzene rings is 1. The predicted octanol–water partition coefficient (Wildman–Crippen LogP) is 2.90. The summed E-state index contributed by atoms with van der Waals surface area (Å²) in [7, 11) is 0. The van der Waals surface area contributed by atoms with Crippen molar-refractivity contribution in [3.63, 3.8) is 0 Å². The standard InChI is InChI=1S/C14H15NO/c15-9-11-5-7-14(11)6-1-2-10-3-4-12(16)8-13(10)14/h3-4,8,11,16H,1-2,5-7H2. The highest BCUT2D eigenvalue weighted by atomic mass is 16.3. The van der Waals surface area contributed by atoms with Crippen molar-refractivity contribution >= 4 is 0 Å². The molecule has 0 radical (unpaired) electrons. The Labute approximate surface area is 95.5 Å². The number of nitrogens with zero attached hydrogens (tertiary/aromatic N) is 1. The third kappa shape index (κ3) is 1.12. The number of fused-ring (bicyclic) bond motifs is 2. The fourth-order valence-corrected chi connectivity index (χ4v) is 3.42. The summed E-state index contributed by atoms with van der Waals surface area (Å²) in [6.45, 7) is 0. The lowest BCUT2D eigenvalue weighted by Gasteiger charge is -2.50. The smallest absolute Gasteiger partial charge is 0.115 e. The molecule has 2 unspecified atom stereocenters. The van der Waals surface area contributed by atoms with Crippen LogP contribution in [0.25, 0.3) is 0 Å². The van der Waals surface area contributed by atoms with E-state index < -0.39 is 0 Å². The molecule has 1 spiro atoms. The van der Waals surface area contributed by atoms with Crippen molar-refractivity contribution in [2.24, 2.45) is 5.92 Å². The Hall–Kier alpha value is -1.49. The number of aryl methyl sites for hydroxylation is 1. The number of nitriles is 1. The van der Waals surface area contributed by atoms with Gasteiger partial charge in [-0.3, -0.25) is 0 Å². The number of hydrogen-bond acceptors (Lipinski definition) is 2. The monoisotopic (exact) mass is 213 g/mol. The summed E-state index contributed by atoms with van der Waals surface area (Å²) < 4.78 is 0. The Morgan fingerprint density at radius 1 is 1.38 bits per heavy atom. The molecule has 2 nitrogen and oxygen atoms in total. The predicted molar refractivity (Wildman–Crippen MR) is 61.1 cm³/mol. The maximum atomic E-state index is 9.62. The highest BCUT2D eigenvalue weighted by molar-refractivity contribution is 5.45. The van der Waals surface area contributed by atoms with Crippen molar-refractivity contribution in [1.82, 2.24) is 0 Å². The van der Waals surface area contributed by atoms with E-state index in [1.807, 2.05) is 12.1 Å². The minimum atomic E-state index is 0.0705. The largest absolute Gasteiger partial charge is 0.508 e. The second-order valence-electron chi connectivity index (χ2n) is 5.07. The van der Waals surface area contributed by atoms with Gasteiger partial charge in [0.05, 0.1) is 12.0 Å². The van der Waals surface area contributed by atoms with Gasteiger partial charge in [-0.25, -0.2) is 0 Å². The third-order valence-corrected chi connectivity index (χ3v) is 4.40. The van der Waals surface area contributed by atoms with E-state index in [1.54, 1.807) is 6.07 Å². The molecular weight excluding hydrogens is 198 g/mol. The average Bonchev–Trinajstić information content (AvgIpc) is 2.27. The summed E-state index contributed by atoms with van der Waals surface area (Å²) in [5, 5.41) is 18.8. The summed E-state index contributed by atoms with van der Waals surface area (Å²) in [6, 6.07) is 8.12. The Morgan fingerprint density at radius 3 is 2.94 bits per heavy atom. The molecule has 1 N–H and O–H groups in total. The summed E-state index contributed by atoms with van der Waals surface area (Å²) in [5.74, 6) is 0.497. The first-order valence-corrected chi connectivity index (χ1v) is 5.98. The molecule has 2 aliphatic rings. The lowest BCUT2D eigenvalue weighted by Crippen LogP contribution is -2.46. The van der Waals surface area contributed by atoms with Crippen molar-refractivity contribution in [2.75, 3.05) is 0 Å². The Balaban J connectivity index is 2.13. The van der Waals surface area contributed by atoms with Gasteiger partial charge < -0.3 is 5.11 Å². The van der Waals surface area contributed by atoms with Crippen molar-refractivity contribution in [2.45, 2.75) is 37.5 Å². The van der Waals surface area contributed by atoms with E-state index in [-0.39, 0.29) is 11.3 Å². The highest BCUT2D eigenvalue weighted by Crippen LogP contribution is 2.55. The van der Waals surface area contributed by atoms with Crippen molar-refractivity contribution < 1.29 is 5.11 Å². The Bertz CT molecular complexity index is 474. The van der Waals surface area contributed by atoms with E-state index >= 15 is 0 Å². The minimum absolute atomic E-state index is 0.0705. The summed E-state index contributed by atoms with van der Waals surface area (Å²) in [6.07, 6.45) is 5.51. The minimum Gasteiger partial charge on any atom is -0.508 e. The fourth-order valence-electron chi connectivity index (χ4n) is 3.42. The summed E-state index contributed by atoms with van der Waals surface area (Å²) >= 11 is 0. The number of hydrogen-bond donors (Lipinski definition) is 1. The molecule has 0 saturated heterocycles. The quantitative estimate of drug-likeness (QED) is 0.720. The lowest BCUT2D eigenvalue weighted by atomic mass is 9.52. The second kappa shape index (κ2) is 3.25. The summed E-state index contributed by atoms with van der Waals surface area (Å²) in [5.41, 5.74) is 2.65. The van der Waals surface area contributed by atoms with Gasteiger partial charge in [-0.05, 0) is 55.4 Å². The molecule has 0 aromatic heterocycles. The normalized spacial score (nSPS) is 31.6. The van der Waals surface area contributed by atoms with Crippen LogP contribution in [0.2, 0.25) is 0 Å². The fraction of sp³-hybridized carbons (Fsp3) is 0.500. The molecule has 82 valence electrons. The molecule has 3 rings (SSSR count). The molecule has 1 aromatic carbocycles. The van der Waals surface area contributed by atoms with Gasteiger partial charge in [-0.15, -0.1) is 0 Å². The van der Waals surface area contributed by atoms with Crippen LogP contribution < -0.4 is 0 Å². The molecule has 0 amide bonds. The zero-order valence-electron chi connectivity index (χ0n) is 9.24. The van der Waals surface area contributed by atoms with E-state index in [0.717, 1.165) is 25.7 Å². The molecule has 2 aliphatic carbocycles. The summed E-state index contributed by atoms with van der Waals surface area (Å²) in [4.78, 5) is 0. The first kappa shape index (κ1) is 9.72. The lowest BCUT2D eigenvalue weighted by molar-refractivity contribution is 0.143. The Morgan fingerprint density at radius 2 is 2.25 bits per heavy atom. The number of phenols is 1. The first-order chi connectivity index (χ1) is 7.76. The van der Waals surface area contributed by atoms with Gasteiger partial charge in [0.1, 0.15) is 5.75 Å². The number of phenolic OH excluding ortho intramolecular Hbond substituents is 1. The molecule has 0 bridgehead atoms. The van der Waals surface area contributed by atoms with Gasteiger partial charge in [0.25, 0.3) is 0 Å². The molecule has 2 heteroatoms. The van der Waals surface area contributed by atoms with E-state index in [9.17, 15) is 10.4 Å². The van der Waals surface area contributed by atoms with Crippen LogP contribution in [0.3, 0.4) is 0 Å². The average molecular weight is 213 g/mol. The third-order valence-electron chi connectivity index (χ3n) is 4.40. The van der Waals surface area contributed by atoms with Gasteiger partial charge in [-0.1, -0.05) is 6.07 Å². The second-order valence-corrected chi connectivity index (χ2v) is 5.07. The molecule has 16 heavy (non-hydrogen) atoms. The number of aromatic hydroxyl groups is 1. The van der Waals surface area contributed by atoms with E-state index in [0.29, 0.717) is 5.75 Å². The zero-order chi connectivity index (χ0) is 11.2. The van der Waals surface area contributed by atoms with Gasteiger partial charge in [0.2, 0.25) is 0 Å². The molecule has 0 aliphatic heterocycles. The zero-order valence-corrected chi connectivity index (χ0v) is 9.24. The van der Waals surface area contributed by atoms with Crippen LogP contribution in [0.5, 0.6) is 5.75 Å². The van der Waals surface area contributed by atoms with Crippen LogP contribution in [-0.2, 0) is 11.8 Å². The Kier molecular flexibility index (Phi) is 1.97. The van der Waals surface area contributed by atoms with Crippen molar-refractivity contribution in [1.29, 1.82) is 5.26 Å². The maximum absolute atomic E-state index is 9.62. The number of rotatable bonds is 0. The van der Waals surface area contributed by atoms with E-state index in [1.165, 1.54) is 17.5 Å². The van der Waals surface area contributed by atoms with Crippen LogP contribution in [0, 0.1) is 17.2 Å². The molecule has 2 atom stereocenters. The van der Waals surface area contributed by atoms with Crippen LogP contribution in [0.4, 0.5) is 0 Å². The first-order valence-electron chi connectivity index (χ1n) is 5.98. The van der Waals surface area contributed by atoms with Crippen molar-refractivity contribution in [3.05, 3.63) is 29.3 Å². The molecule has 0 heterocycles. The molecular formula is C14H15NO. The van der Waals surface area contributed by atoms with E-state index in [4.69, 9.17) is 0 Å². The molecule has 1 fully saturated rings. The topological polar surface area (TPSA) is 44.0 Å². The van der Waals surface area contributed by atoms with Crippen LogP contribution in [-0.4, -0.2) is 5.11 Å². The van der Waals surface area contributed by atoms with Crippen LogP contribution in [0.1, 0.15) is 36.8 Å². The van der Waals surface area contributed by atoms with Gasteiger partial charge in [0, 0.05) is 5.41 Å². The van der Waals surface area contributed by atoms with Gasteiger partial charge in [-0.2, -0.15) is 5.26 Å². The van der Waals surface area contributed by atoms with Gasteiger partial charge in [0.15, 0.2) is 0 Å². The van der Waals surface area contributed by atoms with Crippen LogP contribution in [0.15, 0.2) is 18.2 Å². The maximum Gasteiger partial charge on any atom is 0.115 e. The van der Waals surface area contributed by atoms with Crippen molar-refractivity contribution in [3.8, 4) is 11.8 Å². The SMILES string of the molecule is N#CC1CCC12CCCc1ccc(O)cc12. The molecule has 1 aromatic rings. The van der Waals surface area contributed by atoms with E-state index in [2.05, 4.69) is 6.07 Å². The highest BCUT2D eigenvalue weighted by Gasteiger charge is 2.50. The molecule has 1 saturated carbocycles. The van der Waals surface area contributed by atoms with Gasteiger partial charge >= 0.3 is 0 Å². The van der Waals surface area contributed by atoms with Crippen LogP contribution >= 0.6 is 0 Å².